The first-order chi connectivity index (χ1) is 9.74. The van der Waals surface area contributed by atoms with E-state index < -0.39 is 0 Å². The Bertz CT molecular complexity index is 494. The van der Waals surface area contributed by atoms with Crippen molar-refractivity contribution in [2.24, 2.45) is 5.73 Å². The van der Waals surface area contributed by atoms with E-state index in [0.29, 0.717) is 12.6 Å². The molecular weight excluding hydrogens is 250 g/mol. The van der Waals surface area contributed by atoms with Gasteiger partial charge in [0.25, 0.3) is 0 Å². The van der Waals surface area contributed by atoms with Gasteiger partial charge in [0.2, 0.25) is 5.91 Å². The van der Waals surface area contributed by atoms with Crippen LogP contribution in [0.5, 0.6) is 0 Å². The molecule has 3 N–H and O–H groups in total. The van der Waals surface area contributed by atoms with Crippen LogP contribution in [-0.2, 0) is 17.8 Å². The molecular formula is C16H23N3O. The van der Waals surface area contributed by atoms with E-state index in [2.05, 4.69) is 28.4 Å². The number of nitrogens with two attached hydrogens (primary N) is 1. The van der Waals surface area contributed by atoms with Gasteiger partial charge in [-0.25, -0.2) is 0 Å². The molecule has 3 rings (SSSR count). The highest BCUT2D eigenvalue weighted by Gasteiger charge is 2.25. The summed E-state index contributed by atoms with van der Waals surface area (Å²) in [7, 11) is 0. The maximum atomic E-state index is 11.4. The van der Waals surface area contributed by atoms with Crippen LogP contribution < -0.4 is 11.1 Å². The number of nitrogens with zero attached hydrogens (tertiary/aromatic N) is 1. The number of amides is 1. The van der Waals surface area contributed by atoms with Crippen molar-refractivity contribution in [2.75, 3.05) is 18.4 Å². The van der Waals surface area contributed by atoms with E-state index >= 15 is 0 Å². The van der Waals surface area contributed by atoms with E-state index in [0.717, 1.165) is 19.5 Å². The molecule has 0 aromatic heterocycles. The summed E-state index contributed by atoms with van der Waals surface area (Å²) in [6, 6.07) is 6.99. The van der Waals surface area contributed by atoms with Crippen molar-refractivity contribution < 1.29 is 4.79 Å². The van der Waals surface area contributed by atoms with Crippen molar-refractivity contribution in [3.05, 3.63) is 29.3 Å². The standard InChI is InChI=1S/C16H23N3O/c17-15(20)11-19(14-6-1-2-7-14)10-13-5-3-4-12-8-9-18-16(12)13/h3-5,14,18H,1-2,6-11H2,(H2,17,20). The van der Waals surface area contributed by atoms with Crippen LogP contribution in [0.4, 0.5) is 5.69 Å². The van der Waals surface area contributed by atoms with Crippen molar-refractivity contribution in [3.8, 4) is 0 Å². The molecule has 1 heterocycles. The molecule has 4 nitrogen and oxygen atoms in total. The number of primary amides is 1. The third-order valence-electron chi connectivity index (χ3n) is 4.51. The average Bonchev–Trinajstić information content (AvgIpc) is 3.09. The van der Waals surface area contributed by atoms with Gasteiger partial charge in [-0.3, -0.25) is 9.69 Å². The maximum Gasteiger partial charge on any atom is 0.231 e. The zero-order valence-electron chi connectivity index (χ0n) is 11.9. The Morgan fingerprint density at radius 2 is 2.15 bits per heavy atom. The summed E-state index contributed by atoms with van der Waals surface area (Å²) in [6.07, 6.45) is 6.02. The largest absolute Gasteiger partial charge is 0.384 e. The fourth-order valence-electron chi connectivity index (χ4n) is 3.55. The van der Waals surface area contributed by atoms with E-state index in [9.17, 15) is 4.79 Å². The number of rotatable bonds is 5. The van der Waals surface area contributed by atoms with E-state index in [1.54, 1.807) is 0 Å². The highest BCUT2D eigenvalue weighted by atomic mass is 16.1. The average molecular weight is 273 g/mol. The maximum absolute atomic E-state index is 11.4. The van der Waals surface area contributed by atoms with E-state index in [-0.39, 0.29) is 5.91 Å². The molecule has 0 unspecified atom stereocenters. The van der Waals surface area contributed by atoms with E-state index in [1.165, 1.54) is 42.5 Å². The van der Waals surface area contributed by atoms with Crippen molar-refractivity contribution >= 4 is 11.6 Å². The fraction of sp³-hybridized carbons (Fsp3) is 0.562. The summed E-state index contributed by atoms with van der Waals surface area (Å²) in [6.45, 7) is 2.21. The van der Waals surface area contributed by atoms with Gasteiger partial charge in [-0.1, -0.05) is 31.0 Å². The Balaban J connectivity index is 1.78. The number of benzene rings is 1. The second-order valence-electron chi connectivity index (χ2n) is 5.94. The minimum Gasteiger partial charge on any atom is -0.384 e. The van der Waals surface area contributed by atoms with Gasteiger partial charge in [0.15, 0.2) is 0 Å². The van der Waals surface area contributed by atoms with Gasteiger partial charge in [0.1, 0.15) is 0 Å². The molecule has 0 spiro atoms. The molecule has 1 fully saturated rings. The Kier molecular flexibility index (Phi) is 3.92. The predicted molar refractivity (Wildman–Crippen MR) is 80.5 cm³/mol. The summed E-state index contributed by atoms with van der Waals surface area (Å²) < 4.78 is 0. The summed E-state index contributed by atoms with van der Waals surface area (Å²) in [4.78, 5) is 13.6. The first kappa shape index (κ1) is 13.4. The summed E-state index contributed by atoms with van der Waals surface area (Å²) in [5.41, 5.74) is 9.40. The van der Waals surface area contributed by atoms with Crippen molar-refractivity contribution in [1.29, 1.82) is 0 Å². The normalized spacial score (nSPS) is 18.2. The molecule has 20 heavy (non-hydrogen) atoms. The molecule has 0 saturated heterocycles. The molecule has 108 valence electrons. The van der Waals surface area contributed by atoms with Gasteiger partial charge in [0, 0.05) is 24.8 Å². The minimum absolute atomic E-state index is 0.225. The van der Waals surface area contributed by atoms with Crippen LogP contribution in [0.3, 0.4) is 0 Å². The van der Waals surface area contributed by atoms with Crippen LogP contribution in [0.1, 0.15) is 36.8 Å². The molecule has 1 aromatic rings. The molecule has 0 atom stereocenters. The van der Waals surface area contributed by atoms with Gasteiger partial charge in [-0.2, -0.15) is 0 Å². The van der Waals surface area contributed by atoms with Gasteiger partial charge in [-0.15, -0.1) is 0 Å². The van der Waals surface area contributed by atoms with Gasteiger partial charge < -0.3 is 11.1 Å². The zero-order valence-corrected chi connectivity index (χ0v) is 11.9. The third-order valence-corrected chi connectivity index (χ3v) is 4.51. The number of para-hydroxylation sites is 1. The molecule has 0 bridgehead atoms. The van der Waals surface area contributed by atoms with E-state index in [1.807, 2.05) is 0 Å². The van der Waals surface area contributed by atoms with Crippen LogP contribution in [0.25, 0.3) is 0 Å². The number of fused-ring (bicyclic) bond motifs is 1. The third kappa shape index (κ3) is 2.80. The molecule has 0 radical (unpaired) electrons. The van der Waals surface area contributed by atoms with Crippen LogP contribution >= 0.6 is 0 Å². The molecule has 1 saturated carbocycles. The Morgan fingerprint density at radius 1 is 1.35 bits per heavy atom. The lowest BCUT2D eigenvalue weighted by atomic mass is 10.1. The number of hydrogen-bond acceptors (Lipinski definition) is 3. The Labute approximate surface area is 120 Å². The molecule has 1 aromatic carbocycles. The second-order valence-corrected chi connectivity index (χ2v) is 5.94. The van der Waals surface area contributed by atoms with Crippen LogP contribution in [-0.4, -0.2) is 29.9 Å². The first-order valence-electron chi connectivity index (χ1n) is 7.61. The highest BCUT2D eigenvalue weighted by molar-refractivity contribution is 5.76. The second kappa shape index (κ2) is 5.83. The lowest BCUT2D eigenvalue weighted by Crippen LogP contribution is -2.39. The molecule has 1 amide bonds. The quantitative estimate of drug-likeness (QED) is 0.861. The SMILES string of the molecule is NC(=O)CN(Cc1cccc2c1NCC2)C1CCCC1. The summed E-state index contributed by atoms with van der Waals surface area (Å²) in [5.74, 6) is -0.225. The minimum atomic E-state index is -0.225. The van der Waals surface area contributed by atoms with Gasteiger partial charge >= 0.3 is 0 Å². The molecule has 2 aliphatic rings. The fourth-order valence-corrected chi connectivity index (χ4v) is 3.55. The smallest absolute Gasteiger partial charge is 0.231 e. The lowest BCUT2D eigenvalue weighted by molar-refractivity contribution is -0.119. The summed E-state index contributed by atoms with van der Waals surface area (Å²) >= 11 is 0. The monoisotopic (exact) mass is 273 g/mol. The van der Waals surface area contributed by atoms with Crippen LogP contribution in [0, 0.1) is 0 Å². The number of anilines is 1. The lowest BCUT2D eigenvalue weighted by Gasteiger charge is -2.28. The molecule has 1 aliphatic carbocycles. The number of hydrogen-bond donors (Lipinski definition) is 2. The molecule has 1 aliphatic heterocycles. The van der Waals surface area contributed by atoms with Crippen molar-refractivity contribution in [2.45, 2.75) is 44.7 Å². The van der Waals surface area contributed by atoms with E-state index in [4.69, 9.17) is 5.73 Å². The Hall–Kier alpha value is -1.55. The predicted octanol–water partition coefficient (Wildman–Crippen LogP) is 1.88. The number of nitrogens with one attached hydrogen (secondary N) is 1. The number of carbonyl (C=O) groups is 1. The number of carbonyl (C=O) groups excluding carboxylic acids is 1. The first-order valence-corrected chi connectivity index (χ1v) is 7.61. The Morgan fingerprint density at radius 3 is 2.90 bits per heavy atom. The summed E-state index contributed by atoms with van der Waals surface area (Å²) in [5, 5.41) is 3.48. The van der Waals surface area contributed by atoms with Crippen LogP contribution in [0.15, 0.2) is 18.2 Å². The van der Waals surface area contributed by atoms with Crippen LogP contribution in [0.2, 0.25) is 0 Å². The topological polar surface area (TPSA) is 58.4 Å². The highest BCUT2D eigenvalue weighted by Crippen LogP contribution is 2.30. The van der Waals surface area contributed by atoms with Crippen molar-refractivity contribution in [1.82, 2.24) is 4.90 Å². The van der Waals surface area contributed by atoms with Gasteiger partial charge in [-0.05, 0) is 30.4 Å². The van der Waals surface area contributed by atoms with Gasteiger partial charge in [0.05, 0.1) is 6.54 Å². The molecule has 4 heteroatoms. The van der Waals surface area contributed by atoms with Crippen molar-refractivity contribution in [3.63, 3.8) is 0 Å². The zero-order chi connectivity index (χ0) is 13.9.